The Morgan fingerprint density at radius 3 is 2.41 bits per heavy atom. The summed E-state index contributed by atoms with van der Waals surface area (Å²) < 4.78 is 5.19. The van der Waals surface area contributed by atoms with Gasteiger partial charge in [0.15, 0.2) is 5.96 Å². The number of carbonyl (C=O) groups excluding carboxylic acids is 2. The molecule has 0 bridgehead atoms. The summed E-state index contributed by atoms with van der Waals surface area (Å²) in [5.41, 5.74) is 1.26. The van der Waals surface area contributed by atoms with Crippen LogP contribution in [0.25, 0.3) is 0 Å². The lowest BCUT2D eigenvalue weighted by Crippen LogP contribution is -2.39. The highest BCUT2D eigenvalue weighted by molar-refractivity contribution is 14.0. The van der Waals surface area contributed by atoms with E-state index in [2.05, 4.69) is 26.3 Å². The summed E-state index contributed by atoms with van der Waals surface area (Å²) in [4.78, 5) is 27.3. The zero-order valence-corrected chi connectivity index (χ0v) is 20.3. The topological polar surface area (TPSA) is 104 Å². The molecule has 2 amide bonds. The second kappa shape index (κ2) is 14.0. The molecule has 0 aliphatic heterocycles. The average molecular weight is 519 g/mol. The predicted octanol–water partition coefficient (Wildman–Crippen LogP) is 3.23. The summed E-state index contributed by atoms with van der Waals surface area (Å²) >= 11 is 0. The molecule has 0 unspecified atom stereocenters. The number of amides is 2. The van der Waals surface area contributed by atoms with E-state index in [0.29, 0.717) is 25.6 Å². The van der Waals surface area contributed by atoms with Gasteiger partial charge < -0.3 is 26.0 Å². The van der Waals surface area contributed by atoms with Gasteiger partial charge in [-0.3, -0.25) is 4.79 Å². The minimum absolute atomic E-state index is 0. The van der Waals surface area contributed by atoms with E-state index in [1.807, 2.05) is 52.0 Å². The van der Waals surface area contributed by atoms with Crippen molar-refractivity contribution < 1.29 is 14.3 Å². The van der Waals surface area contributed by atoms with Crippen LogP contribution in [0.3, 0.4) is 0 Å². The molecule has 0 atom stereocenters. The number of nitrogens with one attached hydrogen (secondary N) is 4. The Morgan fingerprint density at radius 2 is 1.79 bits per heavy atom. The van der Waals surface area contributed by atoms with Crippen molar-refractivity contribution in [3.05, 3.63) is 29.8 Å². The summed E-state index contributed by atoms with van der Waals surface area (Å²) in [6, 6.07) is 7.59. The van der Waals surface area contributed by atoms with E-state index < -0.39 is 11.7 Å². The van der Waals surface area contributed by atoms with Crippen molar-refractivity contribution in [2.75, 3.05) is 25.0 Å². The lowest BCUT2D eigenvalue weighted by Gasteiger charge is -2.19. The lowest BCUT2D eigenvalue weighted by molar-refractivity contribution is -0.114. The van der Waals surface area contributed by atoms with Crippen LogP contribution in [0.2, 0.25) is 0 Å². The SMILES string of the molecule is CCNC(=NCc1cccc(NC(C)=O)c1)NCCCNC(=O)OC(C)(C)C.I. The van der Waals surface area contributed by atoms with Gasteiger partial charge in [0.05, 0.1) is 6.54 Å². The van der Waals surface area contributed by atoms with E-state index >= 15 is 0 Å². The van der Waals surface area contributed by atoms with Crippen molar-refractivity contribution in [3.63, 3.8) is 0 Å². The molecule has 0 fully saturated rings. The first-order valence-corrected chi connectivity index (χ1v) is 9.55. The fraction of sp³-hybridized carbons (Fsp3) is 0.550. The van der Waals surface area contributed by atoms with Crippen LogP contribution in [0, 0.1) is 0 Å². The van der Waals surface area contributed by atoms with E-state index in [1.54, 1.807) is 0 Å². The Hall–Kier alpha value is -2.04. The third kappa shape index (κ3) is 13.7. The molecular formula is C20H34IN5O3. The summed E-state index contributed by atoms with van der Waals surface area (Å²) in [7, 11) is 0. The van der Waals surface area contributed by atoms with Crippen molar-refractivity contribution in [1.82, 2.24) is 16.0 Å². The number of aliphatic imine (C=N–C) groups is 1. The molecule has 1 aromatic carbocycles. The second-order valence-electron chi connectivity index (χ2n) is 7.29. The number of ether oxygens (including phenoxy) is 1. The lowest BCUT2D eigenvalue weighted by atomic mass is 10.2. The first kappa shape index (κ1) is 27.0. The molecule has 0 aromatic heterocycles. The smallest absolute Gasteiger partial charge is 0.407 e. The number of benzene rings is 1. The van der Waals surface area contributed by atoms with Crippen LogP contribution in [-0.4, -0.2) is 43.2 Å². The Balaban J connectivity index is 0.00000784. The van der Waals surface area contributed by atoms with Crippen molar-refractivity contribution in [1.29, 1.82) is 0 Å². The molecule has 4 N–H and O–H groups in total. The van der Waals surface area contributed by atoms with E-state index in [4.69, 9.17) is 4.74 Å². The Morgan fingerprint density at radius 1 is 1.10 bits per heavy atom. The van der Waals surface area contributed by atoms with Gasteiger partial charge in [0, 0.05) is 32.2 Å². The number of carbonyl (C=O) groups is 2. The average Bonchev–Trinajstić information content (AvgIpc) is 2.57. The van der Waals surface area contributed by atoms with Crippen molar-refractivity contribution in [2.24, 2.45) is 4.99 Å². The van der Waals surface area contributed by atoms with Gasteiger partial charge in [-0.15, -0.1) is 24.0 Å². The molecule has 1 rings (SSSR count). The second-order valence-corrected chi connectivity index (χ2v) is 7.29. The molecule has 0 radical (unpaired) electrons. The normalized spacial score (nSPS) is 11.1. The third-order valence-corrected chi connectivity index (χ3v) is 3.33. The Kier molecular flexibility index (Phi) is 13.0. The molecule has 0 saturated carbocycles. The van der Waals surface area contributed by atoms with Gasteiger partial charge >= 0.3 is 6.09 Å². The van der Waals surface area contributed by atoms with Gasteiger partial charge in [-0.25, -0.2) is 9.79 Å². The van der Waals surface area contributed by atoms with Gasteiger partial charge in [0.2, 0.25) is 5.91 Å². The highest BCUT2D eigenvalue weighted by Crippen LogP contribution is 2.11. The number of nitrogens with zero attached hydrogens (tertiary/aromatic N) is 1. The largest absolute Gasteiger partial charge is 0.444 e. The van der Waals surface area contributed by atoms with Crippen LogP contribution >= 0.6 is 24.0 Å². The standard InChI is InChI=1S/C20H33N5O3.HI/c1-6-21-18(22-11-8-12-23-19(27)28-20(3,4)5)24-14-16-9-7-10-17(13-16)25-15(2)26;/h7,9-10,13H,6,8,11-12,14H2,1-5H3,(H,23,27)(H,25,26)(H2,21,22,24);1H. The molecule has 0 saturated heterocycles. The molecule has 9 heteroatoms. The van der Waals surface area contributed by atoms with Crippen molar-refractivity contribution in [3.8, 4) is 0 Å². The minimum atomic E-state index is -0.496. The molecule has 164 valence electrons. The minimum Gasteiger partial charge on any atom is -0.444 e. The summed E-state index contributed by atoms with van der Waals surface area (Å²) in [6.07, 6.45) is 0.328. The fourth-order valence-corrected chi connectivity index (χ4v) is 2.26. The van der Waals surface area contributed by atoms with Gasteiger partial charge in [-0.2, -0.15) is 0 Å². The van der Waals surface area contributed by atoms with Gasteiger partial charge in [0.1, 0.15) is 5.60 Å². The van der Waals surface area contributed by atoms with E-state index in [-0.39, 0.29) is 29.9 Å². The fourth-order valence-electron chi connectivity index (χ4n) is 2.26. The van der Waals surface area contributed by atoms with Crippen LogP contribution in [0.4, 0.5) is 10.5 Å². The predicted molar refractivity (Wildman–Crippen MR) is 128 cm³/mol. The van der Waals surface area contributed by atoms with Gasteiger partial charge in [-0.05, 0) is 51.8 Å². The number of hydrogen-bond acceptors (Lipinski definition) is 4. The number of rotatable bonds is 8. The summed E-state index contributed by atoms with van der Waals surface area (Å²) in [5.74, 6) is 0.598. The number of alkyl carbamates (subject to hydrolysis) is 1. The van der Waals surface area contributed by atoms with Crippen LogP contribution in [0.15, 0.2) is 29.3 Å². The van der Waals surface area contributed by atoms with Gasteiger partial charge in [-0.1, -0.05) is 12.1 Å². The molecule has 1 aromatic rings. The number of halogens is 1. The maximum atomic E-state index is 11.6. The highest BCUT2D eigenvalue weighted by Gasteiger charge is 2.15. The molecule has 0 aliphatic carbocycles. The maximum absolute atomic E-state index is 11.6. The zero-order chi connectivity index (χ0) is 21.0. The molecule has 8 nitrogen and oxygen atoms in total. The van der Waals surface area contributed by atoms with E-state index in [0.717, 1.165) is 24.2 Å². The van der Waals surface area contributed by atoms with Crippen LogP contribution < -0.4 is 21.3 Å². The summed E-state index contributed by atoms with van der Waals surface area (Å²) in [6.45, 7) is 11.4. The molecule has 29 heavy (non-hydrogen) atoms. The molecule has 0 aliphatic rings. The quantitative estimate of drug-likeness (QED) is 0.183. The highest BCUT2D eigenvalue weighted by atomic mass is 127. The zero-order valence-electron chi connectivity index (χ0n) is 17.9. The number of guanidine groups is 1. The monoisotopic (exact) mass is 519 g/mol. The summed E-state index contributed by atoms with van der Waals surface area (Å²) in [5, 5.41) is 11.9. The van der Waals surface area contributed by atoms with E-state index in [1.165, 1.54) is 6.92 Å². The van der Waals surface area contributed by atoms with Crippen LogP contribution in [0.1, 0.15) is 46.6 Å². The Bertz CT molecular complexity index is 674. The number of anilines is 1. The maximum Gasteiger partial charge on any atom is 0.407 e. The number of hydrogen-bond donors (Lipinski definition) is 4. The van der Waals surface area contributed by atoms with Crippen molar-refractivity contribution >= 4 is 47.6 Å². The van der Waals surface area contributed by atoms with Gasteiger partial charge in [0.25, 0.3) is 0 Å². The first-order valence-electron chi connectivity index (χ1n) is 9.55. The van der Waals surface area contributed by atoms with Crippen LogP contribution in [-0.2, 0) is 16.1 Å². The van der Waals surface area contributed by atoms with E-state index in [9.17, 15) is 9.59 Å². The molecule has 0 heterocycles. The first-order chi connectivity index (χ1) is 13.2. The van der Waals surface area contributed by atoms with Crippen molar-refractivity contribution in [2.45, 2.75) is 53.2 Å². The van der Waals surface area contributed by atoms with Crippen LogP contribution in [0.5, 0.6) is 0 Å². The molecular weight excluding hydrogens is 485 g/mol. The Labute approximate surface area is 190 Å². The molecule has 0 spiro atoms. The third-order valence-electron chi connectivity index (χ3n) is 3.33.